The van der Waals surface area contributed by atoms with Crippen LogP contribution in [-0.2, 0) is 6.54 Å². The first-order valence-corrected chi connectivity index (χ1v) is 8.23. The van der Waals surface area contributed by atoms with Crippen molar-refractivity contribution in [2.75, 3.05) is 11.6 Å². The number of hydrogen-bond donors (Lipinski definition) is 2. The Morgan fingerprint density at radius 3 is 2.81 bits per heavy atom. The fourth-order valence-electron chi connectivity index (χ4n) is 1.77. The zero-order valence-corrected chi connectivity index (χ0v) is 13.7. The summed E-state index contributed by atoms with van der Waals surface area (Å²) in [6.07, 6.45) is 1.94. The van der Waals surface area contributed by atoms with Crippen LogP contribution in [0.4, 0.5) is 14.9 Å². The maximum atomic E-state index is 13.6. The number of anilines is 1. The Labute approximate surface area is 135 Å². The first-order valence-electron chi connectivity index (χ1n) is 6.22. The molecule has 2 N–H and O–H groups in total. The van der Waals surface area contributed by atoms with Crippen molar-refractivity contribution in [3.8, 4) is 0 Å². The summed E-state index contributed by atoms with van der Waals surface area (Å²) >= 11 is 4.83. The van der Waals surface area contributed by atoms with E-state index in [1.54, 1.807) is 23.9 Å². The van der Waals surface area contributed by atoms with Gasteiger partial charge in [0.15, 0.2) is 0 Å². The third-order valence-electron chi connectivity index (χ3n) is 2.80. The number of carbonyl (C=O) groups excluding carboxylic acids is 1. The highest BCUT2D eigenvalue weighted by molar-refractivity contribution is 9.10. The molecular weight excluding hydrogens is 355 g/mol. The molecular formula is C15H14BrFN2OS. The molecule has 2 aromatic carbocycles. The van der Waals surface area contributed by atoms with E-state index in [0.717, 1.165) is 15.1 Å². The van der Waals surface area contributed by atoms with Crippen LogP contribution in [0.25, 0.3) is 0 Å². The van der Waals surface area contributed by atoms with Gasteiger partial charge < -0.3 is 10.6 Å². The number of halogens is 2. The summed E-state index contributed by atoms with van der Waals surface area (Å²) < 4.78 is 14.3. The summed E-state index contributed by atoms with van der Waals surface area (Å²) in [5, 5.41) is 5.41. The average molecular weight is 369 g/mol. The molecule has 0 aliphatic rings. The summed E-state index contributed by atoms with van der Waals surface area (Å²) in [7, 11) is 0. The van der Waals surface area contributed by atoms with Crippen LogP contribution in [0.2, 0.25) is 0 Å². The SMILES string of the molecule is CSc1ccccc1NC(=O)NCc1cc(Br)ccc1F. The van der Waals surface area contributed by atoms with Gasteiger partial charge in [-0.3, -0.25) is 0 Å². The first kappa shape index (κ1) is 15.9. The lowest BCUT2D eigenvalue weighted by Crippen LogP contribution is -2.28. The van der Waals surface area contributed by atoms with Crippen LogP contribution in [-0.4, -0.2) is 12.3 Å². The minimum absolute atomic E-state index is 0.124. The van der Waals surface area contributed by atoms with Gasteiger partial charge in [0.2, 0.25) is 0 Å². The summed E-state index contributed by atoms with van der Waals surface area (Å²) in [6.45, 7) is 0.124. The number of carbonyl (C=O) groups is 1. The summed E-state index contributed by atoms with van der Waals surface area (Å²) in [4.78, 5) is 12.9. The molecule has 6 heteroatoms. The van der Waals surface area contributed by atoms with Crippen LogP contribution in [0, 0.1) is 5.82 Å². The summed E-state index contributed by atoms with van der Waals surface area (Å²) in [5.74, 6) is -0.344. The van der Waals surface area contributed by atoms with Crippen LogP contribution < -0.4 is 10.6 Å². The number of para-hydroxylation sites is 1. The van der Waals surface area contributed by atoms with Crippen molar-refractivity contribution in [2.45, 2.75) is 11.4 Å². The van der Waals surface area contributed by atoms with Crippen molar-refractivity contribution in [3.05, 3.63) is 58.3 Å². The molecule has 0 aromatic heterocycles. The molecule has 0 aliphatic heterocycles. The number of benzene rings is 2. The minimum atomic E-state index is -0.365. The Hall–Kier alpha value is -1.53. The molecule has 0 atom stereocenters. The van der Waals surface area contributed by atoms with Crippen molar-refractivity contribution in [2.24, 2.45) is 0 Å². The van der Waals surface area contributed by atoms with E-state index in [1.807, 2.05) is 30.5 Å². The van der Waals surface area contributed by atoms with E-state index >= 15 is 0 Å². The first-order chi connectivity index (χ1) is 10.1. The van der Waals surface area contributed by atoms with Gasteiger partial charge in [0.1, 0.15) is 5.82 Å². The van der Waals surface area contributed by atoms with Crippen molar-refractivity contribution in [3.63, 3.8) is 0 Å². The maximum Gasteiger partial charge on any atom is 0.319 e. The lowest BCUT2D eigenvalue weighted by Gasteiger charge is -2.11. The van der Waals surface area contributed by atoms with Crippen molar-refractivity contribution in [1.82, 2.24) is 5.32 Å². The molecule has 0 unspecified atom stereocenters. The van der Waals surface area contributed by atoms with E-state index in [1.165, 1.54) is 6.07 Å². The Morgan fingerprint density at radius 1 is 1.29 bits per heavy atom. The highest BCUT2D eigenvalue weighted by Crippen LogP contribution is 2.24. The largest absolute Gasteiger partial charge is 0.334 e. The topological polar surface area (TPSA) is 41.1 Å². The Morgan fingerprint density at radius 2 is 2.05 bits per heavy atom. The monoisotopic (exact) mass is 368 g/mol. The molecule has 2 aromatic rings. The van der Waals surface area contributed by atoms with E-state index in [2.05, 4.69) is 26.6 Å². The highest BCUT2D eigenvalue weighted by Gasteiger charge is 2.07. The molecule has 2 rings (SSSR count). The number of nitrogens with one attached hydrogen (secondary N) is 2. The van der Waals surface area contributed by atoms with Crippen LogP contribution >= 0.6 is 27.7 Å². The molecule has 0 spiro atoms. The molecule has 0 fully saturated rings. The van der Waals surface area contributed by atoms with Gasteiger partial charge in [-0.25, -0.2) is 9.18 Å². The lowest BCUT2D eigenvalue weighted by atomic mass is 10.2. The quantitative estimate of drug-likeness (QED) is 0.772. The van der Waals surface area contributed by atoms with Crippen LogP contribution in [0.3, 0.4) is 0 Å². The van der Waals surface area contributed by atoms with E-state index in [9.17, 15) is 9.18 Å². The normalized spacial score (nSPS) is 10.2. The van der Waals surface area contributed by atoms with E-state index in [0.29, 0.717) is 5.56 Å². The van der Waals surface area contributed by atoms with E-state index < -0.39 is 0 Å². The van der Waals surface area contributed by atoms with Crippen LogP contribution in [0.1, 0.15) is 5.56 Å². The van der Waals surface area contributed by atoms with Gasteiger partial charge in [-0.1, -0.05) is 28.1 Å². The van der Waals surface area contributed by atoms with E-state index in [4.69, 9.17) is 0 Å². The third kappa shape index (κ3) is 4.47. The maximum absolute atomic E-state index is 13.6. The molecule has 110 valence electrons. The second-order valence-electron chi connectivity index (χ2n) is 4.24. The molecule has 0 aliphatic carbocycles. The second-order valence-corrected chi connectivity index (χ2v) is 6.01. The van der Waals surface area contributed by atoms with Gasteiger partial charge >= 0.3 is 6.03 Å². The lowest BCUT2D eigenvalue weighted by molar-refractivity contribution is 0.251. The standard InChI is InChI=1S/C15H14BrFN2OS/c1-21-14-5-3-2-4-13(14)19-15(20)18-9-10-8-11(16)6-7-12(10)17/h2-8H,9H2,1H3,(H2,18,19,20). The number of amides is 2. The third-order valence-corrected chi connectivity index (χ3v) is 4.09. The van der Waals surface area contributed by atoms with Crippen LogP contribution in [0.5, 0.6) is 0 Å². The molecule has 21 heavy (non-hydrogen) atoms. The number of hydrogen-bond acceptors (Lipinski definition) is 2. The molecule has 0 radical (unpaired) electrons. The number of thioether (sulfide) groups is 1. The van der Waals surface area contributed by atoms with Gasteiger partial charge in [0.25, 0.3) is 0 Å². The van der Waals surface area contributed by atoms with Crippen molar-refractivity contribution >= 4 is 39.4 Å². The van der Waals surface area contributed by atoms with Gasteiger partial charge in [-0.2, -0.15) is 0 Å². The zero-order valence-electron chi connectivity index (χ0n) is 11.3. The Kier molecular flexibility index (Phi) is 5.64. The molecule has 0 saturated heterocycles. The zero-order chi connectivity index (χ0) is 15.2. The summed E-state index contributed by atoms with van der Waals surface area (Å²) in [6, 6.07) is 11.8. The molecule has 0 saturated carbocycles. The van der Waals surface area contributed by atoms with Crippen molar-refractivity contribution < 1.29 is 9.18 Å². The second kappa shape index (κ2) is 7.47. The Bertz CT molecular complexity index is 651. The Balaban J connectivity index is 1.97. The van der Waals surface area contributed by atoms with Crippen LogP contribution in [0.15, 0.2) is 51.8 Å². The molecule has 0 bridgehead atoms. The van der Waals surface area contributed by atoms with Crippen molar-refractivity contribution in [1.29, 1.82) is 0 Å². The predicted molar refractivity (Wildman–Crippen MR) is 88.2 cm³/mol. The predicted octanol–water partition coefficient (Wildman–Crippen LogP) is 4.63. The van der Waals surface area contributed by atoms with Gasteiger partial charge in [0.05, 0.1) is 5.69 Å². The smallest absolute Gasteiger partial charge is 0.319 e. The fraction of sp³-hybridized carbons (Fsp3) is 0.133. The number of urea groups is 1. The molecule has 2 amide bonds. The summed E-state index contributed by atoms with van der Waals surface area (Å²) in [5.41, 5.74) is 1.16. The van der Waals surface area contributed by atoms with Gasteiger partial charge in [0, 0.05) is 21.5 Å². The highest BCUT2D eigenvalue weighted by atomic mass is 79.9. The van der Waals surface area contributed by atoms with Gasteiger partial charge in [-0.15, -0.1) is 11.8 Å². The minimum Gasteiger partial charge on any atom is -0.334 e. The molecule has 0 heterocycles. The van der Waals surface area contributed by atoms with E-state index in [-0.39, 0.29) is 18.4 Å². The fourth-order valence-corrected chi connectivity index (χ4v) is 2.73. The average Bonchev–Trinajstić information content (AvgIpc) is 2.49. The number of rotatable bonds is 4. The van der Waals surface area contributed by atoms with Gasteiger partial charge in [-0.05, 0) is 36.6 Å². The molecule has 3 nitrogen and oxygen atoms in total.